The Kier molecular flexibility index (Phi) is 3.37. The molecule has 0 saturated heterocycles. The second-order valence-electron chi connectivity index (χ2n) is 4.26. The van der Waals surface area contributed by atoms with Gasteiger partial charge in [0.05, 0.1) is 7.11 Å². The zero-order valence-corrected chi connectivity index (χ0v) is 10.0. The lowest BCUT2D eigenvalue weighted by molar-refractivity contribution is -0.0251. The number of ether oxygens (including phenoxy) is 1. The lowest BCUT2D eigenvalue weighted by atomic mass is 9.93. The van der Waals surface area contributed by atoms with E-state index in [-0.39, 0.29) is 0 Å². The zero-order chi connectivity index (χ0) is 11.6. The molecule has 0 heterocycles. The summed E-state index contributed by atoms with van der Waals surface area (Å²) in [5.41, 5.74) is 2.83. The standard InChI is InChI=1S/C12H19NO2/c1-8-6-10(12(3,4)15-13)11(14-5)7-9(8)2/h6-7H,13H2,1-5H3. The predicted molar refractivity (Wildman–Crippen MR) is 60.8 cm³/mol. The van der Waals surface area contributed by atoms with Crippen molar-refractivity contribution in [3.63, 3.8) is 0 Å². The normalized spacial score (nSPS) is 11.6. The van der Waals surface area contributed by atoms with Gasteiger partial charge in [-0.2, -0.15) is 0 Å². The van der Waals surface area contributed by atoms with Gasteiger partial charge >= 0.3 is 0 Å². The van der Waals surface area contributed by atoms with Crippen LogP contribution in [0.2, 0.25) is 0 Å². The summed E-state index contributed by atoms with van der Waals surface area (Å²) in [6, 6.07) is 4.06. The molecule has 15 heavy (non-hydrogen) atoms. The lowest BCUT2D eigenvalue weighted by Gasteiger charge is -2.25. The molecule has 2 N–H and O–H groups in total. The van der Waals surface area contributed by atoms with E-state index in [0.29, 0.717) is 0 Å². The van der Waals surface area contributed by atoms with Crippen LogP contribution in [0, 0.1) is 13.8 Å². The van der Waals surface area contributed by atoms with Gasteiger partial charge in [-0.3, -0.25) is 4.84 Å². The van der Waals surface area contributed by atoms with E-state index in [2.05, 4.69) is 19.9 Å². The molecule has 1 aromatic carbocycles. The summed E-state index contributed by atoms with van der Waals surface area (Å²) in [5, 5.41) is 0. The molecule has 0 aromatic heterocycles. The third-order valence-electron chi connectivity index (χ3n) is 2.76. The quantitative estimate of drug-likeness (QED) is 0.778. The van der Waals surface area contributed by atoms with Crippen LogP contribution in [0.3, 0.4) is 0 Å². The van der Waals surface area contributed by atoms with E-state index in [9.17, 15) is 0 Å². The van der Waals surface area contributed by atoms with Crippen LogP contribution in [-0.2, 0) is 10.4 Å². The van der Waals surface area contributed by atoms with Crippen LogP contribution in [0.4, 0.5) is 0 Å². The lowest BCUT2D eigenvalue weighted by Crippen LogP contribution is -2.26. The van der Waals surface area contributed by atoms with Crippen LogP contribution in [0.5, 0.6) is 5.75 Å². The molecule has 0 radical (unpaired) electrons. The highest BCUT2D eigenvalue weighted by Crippen LogP contribution is 2.33. The van der Waals surface area contributed by atoms with Crippen molar-refractivity contribution in [2.75, 3.05) is 7.11 Å². The van der Waals surface area contributed by atoms with Crippen molar-refractivity contribution >= 4 is 0 Å². The molecule has 0 spiro atoms. The highest BCUT2D eigenvalue weighted by molar-refractivity contribution is 5.44. The molecular formula is C12H19NO2. The van der Waals surface area contributed by atoms with E-state index >= 15 is 0 Å². The van der Waals surface area contributed by atoms with Gasteiger partial charge in [0.2, 0.25) is 0 Å². The minimum atomic E-state index is -0.538. The van der Waals surface area contributed by atoms with Gasteiger partial charge in [-0.25, -0.2) is 5.90 Å². The maximum atomic E-state index is 5.33. The third-order valence-corrected chi connectivity index (χ3v) is 2.76. The smallest absolute Gasteiger partial charge is 0.125 e. The van der Waals surface area contributed by atoms with E-state index in [1.54, 1.807) is 7.11 Å². The summed E-state index contributed by atoms with van der Waals surface area (Å²) in [6.45, 7) is 7.95. The maximum Gasteiger partial charge on any atom is 0.125 e. The van der Waals surface area contributed by atoms with Crippen molar-refractivity contribution in [1.82, 2.24) is 0 Å². The first-order chi connectivity index (χ1) is 6.92. The Labute approximate surface area is 91.1 Å². The van der Waals surface area contributed by atoms with Gasteiger partial charge in [-0.1, -0.05) is 0 Å². The number of nitrogens with two attached hydrogens (primary N) is 1. The molecule has 0 amide bonds. The minimum absolute atomic E-state index is 0.538. The average Bonchev–Trinajstić information content (AvgIpc) is 2.21. The van der Waals surface area contributed by atoms with E-state index < -0.39 is 5.60 Å². The second kappa shape index (κ2) is 4.21. The van der Waals surface area contributed by atoms with Gasteiger partial charge < -0.3 is 4.74 Å². The van der Waals surface area contributed by atoms with Gasteiger partial charge in [-0.15, -0.1) is 0 Å². The third kappa shape index (κ3) is 2.30. The molecule has 0 saturated carbocycles. The number of rotatable bonds is 3. The number of aryl methyl sites for hydroxylation is 2. The van der Waals surface area contributed by atoms with Crippen LogP contribution in [0.15, 0.2) is 12.1 Å². The molecule has 1 rings (SSSR count). The Hall–Kier alpha value is -1.06. The van der Waals surface area contributed by atoms with Crippen molar-refractivity contribution in [3.05, 3.63) is 28.8 Å². The second-order valence-corrected chi connectivity index (χ2v) is 4.26. The highest BCUT2D eigenvalue weighted by Gasteiger charge is 2.25. The van der Waals surface area contributed by atoms with E-state index in [1.165, 1.54) is 11.1 Å². The molecule has 0 bridgehead atoms. The molecule has 3 heteroatoms. The van der Waals surface area contributed by atoms with Crippen molar-refractivity contribution in [1.29, 1.82) is 0 Å². The molecule has 0 aliphatic carbocycles. The summed E-state index contributed by atoms with van der Waals surface area (Å²) < 4.78 is 5.33. The number of benzene rings is 1. The Morgan fingerprint density at radius 1 is 1.13 bits per heavy atom. The van der Waals surface area contributed by atoms with Crippen molar-refractivity contribution < 1.29 is 9.57 Å². The molecule has 3 nitrogen and oxygen atoms in total. The van der Waals surface area contributed by atoms with E-state index in [4.69, 9.17) is 15.5 Å². The molecule has 0 fully saturated rings. The number of methoxy groups -OCH3 is 1. The predicted octanol–water partition coefficient (Wildman–Crippen LogP) is 2.44. The van der Waals surface area contributed by atoms with Crippen LogP contribution in [0.1, 0.15) is 30.5 Å². The Morgan fingerprint density at radius 3 is 2.13 bits per heavy atom. The first kappa shape index (κ1) is 12.0. The molecule has 0 aliphatic rings. The molecule has 0 atom stereocenters. The summed E-state index contributed by atoms with van der Waals surface area (Å²) >= 11 is 0. The molecule has 0 unspecified atom stereocenters. The van der Waals surface area contributed by atoms with Crippen molar-refractivity contribution in [2.45, 2.75) is 33.3 Å². The summed E-state index contributed by atoms with van der Waals surface area (Å²) in [4.78, 5) is 4.98. The monoisotopic (exact) mass is 209 g/mol. The minimum Gasteiger partial charge on any atom is -0.496 e. The SMILES string of the molecule is COc1cc(C)c(C)cc1C(C)(C)ON. The van der Waals surface area contributed by atoms with Gasteiger partial charge in [0, 0.05) is 5.56 Å². The Bertz CT molecular complexity index is 359. The number of hydrogen-bond acceptors (Lipinski definition) is 3. The van der Waals surface area contributed by atoms with E-state index in [1.807, 2.05) is 19.9 Å². The number of hydrogen-bond donors (Lipinski definition) is 1. The topological polar surface area (TPSA) is 44.5 Å². The molecule has 84 valence electrons. The Balaban J connectivity index is 3.34. The highest BCUT2D eigenvalue weighted by atomic mass is 16.6. The van der Waals surface area contributed by atoms with Crippen LogP contribution >= 0.6 is 0 Å². The first-order valence-corrected chi connectivity index (χ1v) is 4.96. The van der Waals surface area contributed by atoms with Crippen molar-refractivity contribution in [3.8, 4) is 5.75 Å². The van der Waals surface area contributed by atoms with Gasteiger partial charge in [0.1, 0.15) is 11.4 Å². The van der Waals surface area contributed by atoms with Crippen molar-refractivity contribution in [2.24, 2.45) is 5.90 Å². The summed E-state index contributed by atoms with van der Waals surface area (Å²) in [6.07, 6.45) is 0. The summed E-state index contributed by atoms with van der Waals surface area (Å²) in [5.74, 6) is 6.11. The summed E-state index contributed by atoms with van der Waals surface area (Å²) in [7, 11) is 1.65. The largest absolute Gasteiger partial charge is 0.496 e. The zero-order valence-electron chi connectivity index (χ0n) is 10.0. The fraction of sp³-hybridized carbons (Fsp3) is 0.500. The molecule has 1 aromatic rings. The Morgan fingerprint density at radius 2 is 1.67 bits per heavy atom. The maximum absolute atomic E-state index is 5.33. The van der Waals surface area contributed by atoms with Crippen LogP contribution < -0.4 is 10.6 Å². The van der Waals surface area contributed by atoms with Crippen LogP contribution in [0.25, 0.3) is 0 Å². The van der Waals surface area contributed by atoms with Gasteiger partial charge in [0.25, 0.3) is 0 Å². The molecular weight excluding hydrogens is 190 g/mol. The molecule has 0 aliphatic heterocycles. The average molecular weight is 209 g/mol. The van der Waals surface area contributed by atoms with Gasteiger partial charge in [-0.05, 0) is 51.0 Å². The fourth-order valence-electron chi connectivity index (χ4n) is 1.49. The van der Waals surface area contributed by atoms with Gasteiger partial charge in [0.15, 0.2) is 0 Å². The van der Waals surface area contributed by atoms with E-state index in [0.717, 1.165) is 11.3 Å². The van der Waals surface area contributed by atoms with Crippen LogP contribution in [-0.4, -0.2) is 7.11 Å². The fourth-order valence-corrected chi connectivity index (χ4v) is 1.49. The first-order valence-electron chi connectivity index (χ1n) is 4.96.